The number of hydrogen-bond acceptors (Lipinski definition) is 5. The molecule has 2 aromatic heterocycles. The van der Waals surface area contributed by atoms with Crippen molar-refractivity contribution < 1.29 is 19.4 Å². The molecule has 0 saturated heterocycles. The highest BCUT2D eigenvalue weighted by molar-refractivity contribution is 7.17. The van der Waals surface area contributed by atoms with E-state index >= 15 is 0 Å². The number of aryl methyl sites for hydroxylation is 1. The summed E-state index contributed by atoms with van der Waals surface area (Å²) in [6, 6.07) is 7.33. The fraction of sp³-hybridized carbons (Fsp3) is 0.188. The molecule has 0 radical (unpaired) electrons. The van der Waals surface area contributed by atoms with Crippen molar-refractivity contribution in [2.45, 2.75) is 19.6 Å². The summed E-state index contributed by atoms with van der Waals surface area (Å²) < 4.78 is 14.5. The van der Waals surface area contributed by atoms with Gasteiger partial charge in [-0.15, -0.1) is 11.3 Å². The third kappa shape index (κ3) is 3.34. The van der Waals surface area contributed by atoms with Gasteiger partial charge in [0.2, 0.25) is 0 Å². The molecule has 3 rings (SSSR count). The van der Waals surface area contributed by atoms with Gasteiger partial charge in [-0.1, -0.05) is 12.1 Å². The van der Waals surface area contributed by atoms with Gasteiger partial charge in [0.05, 0.1) is 18.3 Å². The van der Waals surface area contributed by atoms with Crippen molar-refractivity contribution in [2.24, 2.45) is 0 Å². The molecule has 0 saturated carbocycles. The molecule has 2 heterocycles. The van der Waals surface area contributed by atoms with E-state index in [-0.39, 0.29) is 17.2 Å². The zero-order chi connectivity index (χ0) is 17.3. The van der Waals surface area contributed by atoms with Crippen LogP contribution >= 0.6 is 11.3 Å². The van der Waals surface area contributed by atoms with E-state index in [1.54, 1.807) is 23.9 Å². The summed E-state index contributed by atoms with van der Waals surface area (Å²) in [6.07, 6.45) is 0.852. The number of carboxylic acid groups (broad SMARTS) is 1. The number of nitrogens with zero attached hydrogens (tertiary/aromatic N) is 3. The van der Waals surface area contributed by atoms with Crippen LogP contribution in [0.25, 0.3) is 10.7 Å². The minimum Gasteiger partial charge on any atom is -0.477 e. The molecule has 0 spiro atoms. The van der Waals surface area contributed by atoms with Gasteiger partial charge < -0.3 is 10.2 Å². The first-order chi connectivity index (χ1) is 11.4. The van der Waals surface area contributed by atoms with Gasteiger partial charge in [-0.25, -0.2) is 14.2 Å². The number of aromatic carboxylic acids is 1. The standard InChI is InChI=1S/C16H14FN3O3S/c1-9-14(16(22)23)24-15(18-9)12-6-7-20(19-12)8-13(21)10-2-4-11(17)5-3-10/h2-7,13,21H,8H2,1H3,(H,22,23). The predicted molar refractivity (Wildman–Crippen MR) is 86.4 cm³/mol. The van der Waals surface area contributed by atoms with E-state index in [9.17, 15) is 14.3 Å². The summed E-state index contributed by atoms with van der Waals surface area (Å²) in [5.74, 6) is -1.37. The Kier molecular flexibility index (Phi) is 4.41. The number of hydrogen-bond donors (Lipinski definition) is 2. The van der Waals surface area contributed by atoms with Crippen LogP contribution in [0.15, 0.2) is 36.5 Å². The monoisotopic (exact) mass is 347 g/mol. The van der Waals surface area contributed by atoms with E-state index in [4.69, 9.17) is 5.11 Å². The van der Waals surface area contributed by atoms with Crippen molar-refractivity contribution in [3.05, 3.63) is 58.5 Å². The van der Waals surface area contributed by atoms with E-state index in [1.807, 2.05) is 0 Å². The molecule has 1 unspecified atom stereocenters. The molecule has 0 fully saturated rings. The summed E-state index contributed by atoms with van der Waals surface area (Å²) >= 11 is 1.06. The van der Waals surface area contributed by atoms with Crippen molar-refractivity contribution >= 4 is 17.3 Å². The molecule has 6 nitrogen and oxygen atoms in total. The first kappa shape index (κ1) is 16.3. The quantitative estimate of drug-likeness (QED) is 0.741. The Balaban J connectivity index is 1.77. The van der Waals surface area contributed by atoms with Gasteiger partial charge in [0.25, 0.3) is 0 Å². The normalized spacial score (nSPS) is 12.3. The number of carbonyl (C=O) groups is 1. The lowest BCUT2D eigenvalue weighted by molar-refractivity contribution is 0.0701. The lowest BCUT2D eigenvalue weighted by Gasteiger charge is -2.10. The number of aromatic nitrogens is 3. The number of benzene rings is 1. The summed E-state index contributed by atoms with van der Waals surface area (Å²) in [7, 11) is 0. The van der Waals surface area contributed by atoms with Gasteiger partial charge in [0.1, 0.15) is 21.4 Å². The molecular formula is C16H14FN3O3S. The van der Waals surface area contributed by atoms with Gasteiger partial charge >= 0.3 is 5.97 Å². The predicted octanol–water partition coefficient (Wildman–Crippen LogP) is 2.89. The summed E-state index contributed by atoms with van der Waals surface area (Å²) in [5.41, 5.74) is 1.58. The Labute approximate surface area is 140 Å². The average molecular weight is 347 g/mol. The molecule has 1 aromatic carbocycles. The second-order valence-corrected chi connectivity index (χ2v) is 6.23. The maximum Gasteiger partial charge on any atom is 0.347 e. The molecule has 0 aliphatic rings. The van der Waals surface area contributed by atoms with E-state index in [1.165, 1.54) is 24.3 Å². The largest absolute Gasteiger partial charge is 0.477 e. The molecule has 0 amide bonds. The Hall–Kier alpha value is -2.58. The van der Waals surface area contributed by atoms with Crippen molar-refractivity contribution in [1.82, 2.24) is 14.8 Å². The Morgan fingerprint density at radius 3 is 2.67 bits per heavy atom. The van der Waals surface area contributed by atoms with E-state index in [0.717, 1.165) is 11.3 Å². The molecule has 8 heteroatoms. The Bertz CT molecular complexity index is 873. The third-order valence-corrected chi connectivity index (χ3v) is 4.63. The van der Waals surface area contributed by atoms with Crippen molar-refractivity contribution in [3.63, 3.8) is 0 Å². The number of carboxylic acids is 1. The van der Waals surface area contributed by atoms with Crippen LogP contribution in [0.1, 0.15) is 27.0 Å². The van der Waals surface area contributed by atoms with Crippen LogP contribution in [0.2, 0.25) is 0 Å². The highest BCUT2D eigenvalue weighted by Gasteiger charge is 2.17. The Morgan fingerprint density at radius 2 is 2.04 bits per heavy atom. The van der Waals surface area contributed by atoms with Gasteiger partial charge in [-0.05, 0) is 30.7 Å². The second kappa shape index (κ2) is 6.50. The fourth-order valence-electron chi connectivity index (χ4n) is 2.25. The molecule has 124 valence electrons. The van der Waals surface area contributed by atoms with Crippen LogP contribution < -0.4 is 0 Å². The van der Waals surface area contributed by atoms with Crippen molar-refractivity contribution in [2.75, 3.05) is 0 Å². The minimum absolute atomic E-state index is 0.186. The zero-order valence-corrected chi connectivity index (χ0v) is 13.5. The number of rotatable bonds is 5. The highest BCUT2D eigenvalue weighted by Crippen LogP contribution is 2.27. The lowest BCUT2D eigenvalue weighted by Crippen LogP contribution is -2.09. The maximum atomic E-state index is 12.9. The maximum absolute atomic E-state index is 12.9. The fourth-order valence-corrected chi connectivity index (χ4v) is 3.12. The van der Waals surface area contributed by atoms with Crippen LogP contribution in [-0.4, -0.2) is 30.9 Å². The van der Waals surface area contributed by atoms with Gasteiger partial charge in [-0.3, -0.25) is 4.68 Å². The molecule has 0 aliphatic heterocycles. The molecule has 3 aromatic rings. The SMILES string of the molecule is Cc1nc(-c2ccn(CC(O)c3ccc(F)cc3)n2)sc1C(=O)O. The topological polar surface area (TPSA) is 88.2 Å². The van der Waals surface area contributed by atoms with E-state index < -0.39 is 12.1 Å². The first-order valence-corrected chi connectivity index (χ1v) is 7.94. The molecule has 2 N–H and O–H groups in total. The molecular weight excluding hydrogens is 333 g/mol. The summed E-state index contributed by atoms with van der Waals surface area (Å²) in [5, 5.41) is 24.1. The molecule has 0 bridgehead atoms. The third-order valence-electron chi connectivity index (χ3n) is 3.47. The van der Waals surface area contributed by atoms with Gasteiger partial charge in [0.15, 0.2) is 0 Å². The zero-order valence-electron chi connectivity index (χ0n) is 12.7. The van der Waals surface area contributed by atoms with Crippen LogP contribution in [0.4, 0.5) is 4.39 Å². The number of aliphatic hydroxyl groups excluding tert-OH is 1. The number of thiazole rings is 1. The van der Waals surface area contributed by atoms with E-state index in [0.29, 0.717) is 22.0 Å². The van der Waals surface area contributed by atoms with Gasteiger partial charge in [0, 0.05) is 6.20 Å². The second-order valence-electron chi connectivity index (χ2n) is 5.23. The molecule has 24 heavy (non-hydrogen) atoms. The highest BCUT2D eigenvalue weighted by atomic mass is 32.1. The van der Waals surface area contributed by atoms with Gasteiger partial charge in [-0.2, -0.15) is 5.10 Å². The van der Waals surface area contributed by atoms with Crippen molar-refractivity contribution in [1.29, 1.82) is 0 Å². The van der Waals surface area contributed by atoms with E-state index in [2.05, 4.69) is 10.1 Å². The first-order valence-electron chi connectivity index (χ1n) is 7.12. The Morgan fingerprint density at radius 1 is 1.33 bits per heavy atom. The summed E-state index contributed by atoms with van der Waals surface area (Å²) in [4.78, 5) is 15.5. The lowest BCUT2D eigenvalue weighted by atomic mass is 10.1. The van der Waals surface area contributed by atoms with Crippen LogP contribution in [0.3, 0.4) is 0 Å². The molecule has 0 aliphatic carbocycles. The van der Waals surface area contributed by atoms with Crippen LogP contribution in [0, 0.1) is 12.7 Å². The number of aliphatic hydroxyl groups is 1. The van der Waals surface area contributed by atoms with Crippen LogP contribution in [-0.2, 0) is 6.54 Å². The number of halogens is 1. The smallest absolute Gasteiger partial charge is 0.347 e. The molecule has 1 atom stereocenters. The minimum atomic E-state index is -1.01. The summed E-state index contributed by atoms with van der Waals surface area (Å²) in [6.45, 7) is 1.83. The van der Waals surface area contributed by atoms with Crippen LogP contribution in [0.5, 0.6) is 0 Å². The average Bonchev–Trinajstić information content (AvgIpc) is 3.14. The van der Waals surface area contributed by atoms with Crippen molar-refractivity contribution in [3.8, 4) is 10.7 Å².